The fraction of sp³-hybridized carbons (Fsp3) is 0.147. The minimum Gasteiger partial charge on any atom is -0.289 e. The Hall–Kier alpha value is -4.77. The van der Waals surface area contributed by atoms with E-state index >= 15 is 0 Å². The molecule has 0 amide bonds. The topological polar surface area (TPSA) is 87.4 Å². The zero-order chi connectivity index (χ0) is 28.6. The summed E-state index contributed by atoms with van der Waals surface area (Å²) in [7, 11) is 0. The van der Waals surface area contributed by atoms with Crippen LogP contribution in [0.1, 0.15) is 36.1 Å². The molecule has 0 saturated heterocycles. The van der Waals surface area contributed by atoms with Crippen molar-refractivity contribution in [2.75, 3.05) is 5.01 Å². The molecular weight excluding hydrogens is 526 g/mol. The van der Waals surface area contributed by atoms with Gasteiger partial charge in [0.05, 0.1) is 33.4 Å². The van der Waals surface area contributed by atoms with Crippen molar-refractivity contribution in [1.29, 1.82) is 5.26 Å². The molecule has 1 aliphatic rings. The van der Waals surface area contributed by atoms with Crippen molar-refractivity contribution in [2.24, 2.45) is 11.0 Å². The molecule has 1 unspecified atom stereocenters. The predicted octanol–water partition coefficient (Wildman–Crippen LogP) is 8.32. The first-order chi connectivity index (χ1) is 20.2. The standard InChI is InChI=1S/C32H23N5OS.C2H6/c33-20-21-14-16-23(17-15-21)37(34)32(35-38,22-8-2-1-3-9-22)36-28-12-6-4-10-24(28)26-18-19-27-25-11-5-7-13-29(25)39-31(27)30(26)36;1-2/h1-17H,18-19,34H2;1-2H3. The molecule has 2 aromatic heterocycles. The van der Waals surface area contributed by atoms with E-state index in [9.17, 15) is 10.2 Å². The number of hydrogen-bond acceptors (Lipinski definition) is 6. The molecule has 0 radical (unpaired) electrons. The van der Waals surface area contributed by atoms with Crippen LogP contribution in [0.15, 0.2) is 108 Å². The maximum absolute atomic E-state index is 13.4. The fourth-order valence-corrected chi connectivity index (χ4v) is 7.28. The summed E-state index contributed by atoms with van der Waals surface area (Å²) in [6.07, 6.45) is 1.77. The zero-order valence-electron chi connectivity index (χ0n) is 22.9. The van der Waals surface area contributed by atoms with Gasteiger partial charge < -0.3 is 0 Å². The molecular formula is C34H29N5OS. The highest BCUT2D eigenvalue weighted by Crippen LogP contribution is 2.50. The molecule has 0 aliphatic heterocycles. The van der Waals surface area contributed by atoms with E-state index in [-0.39, 0.29) is 0 Å². The number of rotatable bonds is 5. The molecule has 6 nitrogen and oxygen atoms in total. The molecule has 4 aromatic carbocycles. The lowest BCUT2D eigenvalue weighted by atomic mass is 9.92. The van der Waals surface area contributed by atoms with Crippen LogP contribution in [0.2, 0.25) is 0 Å². The Morgan fingerprint density at radius 3 is 2.20 bits per heavy atom. The van der Waals surface area contributed by atoms with E-state index in [0.717, 1.165) is 34.3 Å². The maximum Gasteiger partial charge on any atom is 0.294 e. The highest BCUT2D eigenvalue weighted by Gasteiger charge is 2.46. The Kier molecular flexibility index (Phi) is 6.88. The number of benzene rings is 4. The van der Waals surface area contributed by atoms with Crippen molar-refractivity contribution in [3.05, 3.63) is 130 Å². The zero-order valence-corrected chi connectivity index (χ0v) is 23.7. The molecule has 1 aliphatic carbocycles. The summed E-state index contributed by atoms with van der Waals surface area (Å²) in [4.78, 5) is 14.6. The lowest BCUT2D eigenvalue weighted by molar-refractivity contribution is 0.362. The molecule has 0 bridgehead atoms. The largest absolute Gasteiger partial charge is 0.294 e. The average Bonchev–Trinajstić information content (AvgIpc) is 3.60. The lowest BCUT2D eigenvalue weighted by Crippen LogP contribution is -2.54. The molecule has 1 atom stereocenters. The summed E-state index contributed by atoms with van der Waals surface area (Å²) in [5, 5.41) is 17.0. The van der Waals surface area contributed by atoms with E-state index in [0.29, 0.717) is 16.8 Å². The molecule has 2 heterocycles. The highest BCUT2D eigenvalue weighted by atomic mass is 32.1. The first kappa shape index (κ1) is 26.5. The number of aromatic nitrogens is 1. The number of para-hydroxylation sites is 1. The number of nitrogens with two attached hydrogens (primary N) is 1. The van der Waals surface area contributed by atoms with Crippen LogP contribution >= 0.6 is 11.3 Å². The van der Waals surface area contributed by atoms with Crippen molar-refractivity contribution < 1.29 is 0 Å². The van der Waals surface area contributed by atoms with Gasteiger partial charge in [-0.2, -0.15) is 5.26 Å². The van der Waals surface area contributed by atoms with Gasteiger partial charge in [-0.25, -0.2) is 5.84 Å². The van der Waals surface area contributed by atoms with Crippen LogP contribution in [-0.4, -0.2) is 4.57 Å². The van der Waals surface area contributed by atoms with Gasteiger partial charge >= 0.3 is 0 Å². The van der Waals surface area contributed by atoms with E-state index in [1.807, 2.05) is 66.9 Å². The van der Waals surface area contributed by atoms with Crippen molar-refractivity contribution in [1.82, 2.24) is 4.57 Å². The van der Waals surface area contributed by atoms with Gasteiger partial charge in [-0.05, 0) is 70.9 Å². The van der Waals surface area contributed by atoms with Crippen LogP contribution < -0.4 is 10.9 Å². The van der Waals surface area contributed by atoms with Gasteiger partial charge in [0.2, 0.25) is 0 Å². The molecule has 202 valence electrons. The molecule has 0 spiro atoms. The van der Waals surface area contributed by atoms with Gasteiger partial charge in [-0.3, -0.25) is 9.58 Å². The summed E-state index contributed by atoms with van der Waals surface area (Å²) >= 11 is 1.75. The second-order valence-electron chi connectivity index (χ2n) is 9.71. The number of nitroso groups, excluding NO2 is 1. The number of nitrogens with zero attached hydrogens (tertiary/aromatic N) is 4. The second-order valence-corrected chi connectivity index (χ2v) is 10.8. The van der Waals surface area contributed by atoms with Crippen molar-refractivity contribution >= 4 is 38.0 Å². The monoisotopic (exact) mass is 555 g/mol. The molecule has 0 fully saturated rings. The number of fused-ring (bicyclic) bond motifs is 7. The summed E-state index contributed by atoms with van der Waals surface area (Å²) in [5.41, 5.74) is 6.07. The normalized spacial score (nSPS) is 13.3. The van der Waals surface area contributed by atoms with E-state index in [4.69, 9.17) is 5.84 Å². The molecule has 2 N–H and O–H groups in total. The van der Waals surface area contributed by atoms with E-state index in [2.05, 4.69) is 41.6 Å². The molecule has 6 aromatic rings. The molecule has 7 rings (SSSR count). The van der Waals surface area contributed by atoms with Gasteiger partial charge in [-0.1, -0.05) is 80.6 Å². The van der Waals surface area contributed by atoms with Crippen LogP contribution in [0.4, 0.5) is 5.69 Å². The van der Waals surface area contributed by atoms with Crippen LogP contribution in [0.3, 0.4) is 0 Å². The van der Waals surface area contributed by atoms with Gasteiger partial charge in [0, 0.05) is 15.6 Å². The SMILES string of the molecule is CC.N#Cc1ccc(N(N)C(N=O)(c2ccccc2)n2c3c(c4ccccc42)CCc2c-3sc3ccccc23)cc1. The highest BCUT2D eigenvalue weighted by molar-refractivity contribution is 7.22. The average molecular weight is 556 g/mol. The Labute approximate surface area is 242 Å². The third-order valence-electron chi connectivity index (χ3n) is 7.73. The fourth-order valence-electron chi connectivity index (χ4n) is 5.96. The predicted molar refractivity (Wildman–Crippen MR) is 169 cm³/mol. The molecule has 0 saturated carbocycles. The van der Waals surface area contributed by atoms with Crippen LogP contribution in [0, 0.1) is 16.2 Å². The maximum atomic E-state index is 13.4. The Morgan fingerprint density at radius 2 is 1.49 bits per heavy atom. The van der Waals surface area contributed by atoms with Crippen LogP contribution in [-0.2, 0) is 18.6 Å². The first-order valence-corrected chi connectivity index (χ1v) is 14.6. The van der Waals surface area contributed by atoms with Gasteiger partial charge in [0.1, 0.15) is 0 Å². The van der Waals surface area contributed by atoms with E-state index in [1.54, 1.807) is 35.6 Å². The summed E-state index contributed by atoms with van der Waals surface area (Å²) in [5.74, 6) is 5.31. The minimum absolute atomic E-state index is 0.509. The summed E-state index contributed by atoms with van der Waals surface area (Å²) < 4.78 is 3.25. The third-order valence-corrected chi connectivity index (χ3v) is 8.95. The van der Waals surface area contributed by atoms with E-state index < -0.39 is 5.79 Å². The smallest absolute Gasteiger partial charge is 0.289 e. The number of thiophene rings is 1. The Balaban J connectivity index is 0.00000148. The van der Waals surface area contributed by atoms with Gasteiger partial charge in [0.25, 0.3) is 5.79 Å². The van der Waals surface area contributed by atoms with Gasteiger partial charge in [0.15, 0.2) is 0 Å². The summed E-state index contributed by atoms with van der Waals surface area (Å²) in [6, 6.07) is 35.2. The van der Waals surface area contributed by atoms with Crippen LogP contribution in [0.25, 0.3) is 31.6 Å². The third kappa shape index (κ3) is 3.95. The second kappa shape index (κ2) is 10.7. The van der Waals surface area contributed by atoms with E-state index in [1.165, 1.54) is 26.2 Å². The number of nitriles is 1. The number of aryl methyl sites for hydroxylation is 2. The molecule has 41 heavy (non-hydrogen) atoms. The first-order valence-electron chi connectivity index (χ1n) is 13.8. The number of hydrazine groups is 1. The number of hydrogen-bond donors (Lipinski definition) is 1. The summed E-state index contributed by atoms with van der Waals surface area (Å²) in [6.45, 7) is 4.00. The van der Waals surface area contributed by atoms with Crippen molar-refractivity contribution in [2.45, 2.75) is 32.5 Å². The molecule has 7 heteroatoms. The minimum atomic E-state index is -1.65. The lowest BCUT2D eigenvalue weighted by Gasteiger charge is -2.39. The van der Waals surface area contributed by atoms with Crippen molar-refractivity contribution in [3.63, 3.8) is 0 Å². The Bertz CT molecular complexity index is 1920. The van der Waals surface area contributed by atoms with Crippen molar-refractivity contribution in [3.8, 4) is 16.6 Å². The quantitative estimate of drug-likeness (QED) is 0.132. The van der Waals surface area contributed by atoms with Gasteiger partial charge in [-0.15, -0.1) is 16.2 Å². The Morgan fingerprint density at radius 1 is 0.854 bits per heavy atom. The number of anilines is 1. The van der Waals surface area contributed by atoms with Crippen LogP contribution in [0.5, 0.6) is 0 Å².